The largest absolute Gasteiger partial charge is 0.347 e. The highest BCUT2D eigenvalue weighted by molar-refractivity contribution is 9.10. The lowest BCUT2D eigenvalue weighted by molar-refractivity contribution is 0.506. The van der Waals surface area contributed by atoms with Crippen molar-refractivity contribution < 1.29 is 0 Å². The summed E-state index contributed by atoms with van der Waals surface area (Å²) in [5, 5.41) is 4.77. The van der Waals surface area contributed by atoms with Gasteiger partial charge in [0.15, 0.2) is 0 Å². The number of fused-ring (bicyclic) bond motifs is 3. The monoisotopic (exact) mass is 306 g/mol. The topological polar surface area (TPSA) is 17.0 Å². The maximum absolute atomic E-state index is 3.59. The molecule has 1 unspecified atom stereocenters. The van der Waals surface area contributed by atoms with Gasteiger partial charge in [0.1, 0.15) is 0 Å². The van der Waals surface area contributed by atoms with Crippen LogP contribution in [0.3, 0.4) is 0 Å². The molecule has 0 radical (unpaired) electrons. The molecule has 1 heterocycles. The average Bonchev–Trinajstić information content (AvgIpc) is 2.64. The summed E-state index contributed by atoms with van der Waals surface area (Å²) in [5.41, 5.74) is 4.48. The first-order chi connectivity index (χ1) is 8.72. The normalized spacial score (nSPS) is 19.2. The molecule has 1 aliphatic carbocycles. The minimum absolute atomic E-state index is 0.662. The van der Waals surface area contributed by atoms with Crippen molar-refractivity contribution in [3.63, 3.8) is 0 Å². The zero-order chi connectivity index (χ0) is 12.7. The van der Waals surface area contributed by atoms with Crippen LogP contribution in [-0.2, 0) is 13.5 Å². The summed E-state index contributed by atoms with van der Waals surface area (Å²) in [4.78, 5) is 0. The van der Waals surface area contributed by atoms with Crippen molar-refractivity contribution in [2.45, 2.75) is 25.2 Å². The quantitative estimate of drug-likeness (QED) is 0.897. The Kier molecular flexibility index (Phi) is 3.20. The molecule has 1 aliphatic rings. The van der Waals surface area contributed by atoms with E-state index in [0.717, 1.165) is 6.54 Å². The highest BCUT2D eigenvalue weighted by Gasteiger charge is 2.25. The minimum atomic E-state index is 0.662. The van der Waals surface area contributed by atoms with Crippen LogP contribution in [0.1, 0.15) is 30.0 Å². The van der Waals surface area contributed by atoms with E-state index < -0.39 is 0 Å². The minimum Gasteiger partial charge on any atom is -0.347 e. The third-order valence-corrected chi connectivity index (χ3v) is 4.63. The molecule has 0 spiro atoms. The van der Waals surface area contributed by atoms with E-state index in [9.17, 15) is 0 Å². The first-order valence-electron chi connectivity index (χ1n) is 6.63. The molecule has 1 N–H and O–H groups in total. The van der Waals surface area contributed by atoms with Gasteiger partial charge in [0.2, 0.25) is 0 Å². The van der Waals surface area contributed by atoms with Crippen molar-refractivity contribution in [2.24, 2.45) is 7.05 Å². The number of likely N-dealkylation sites (N-methyl/N-ethyl adjacent to an activating group) is 1. The van der Waals surface area contributed by atoms with E-state index in [0.29, 0.717) is 5.92 Å². The van der Waals surface area contributed by atoms with Gasteiger partial charge in [-0.2, -0.15) is 0 Å². The van der Waals surface area contributed by atoms with Crippen molar-refractivity contribution in [3.05, 3.63) is 33.9 Å². The summed E-state index contributed by atoms with van der Waals surface area (Å²) in [6.07, 6.45) is 3.84. The Bertz CT molecular complexity index is 586. The maximum Gasteiger partial charge on any atom is 0.0483 e. The molecule has 1 aromatic heterocycles. The lowest BCUT2D eigenvalue weighted by Crippen LogP contribution is -2.22. The van der Waals surface area contributed by atoms with Gasteiger partial charge >= 0.3 is 0 Å². The number of hydrogen-bond donors (Lipinski definition) is 1. The molecule has 2 nitrogen and oxygen atoms in total. The Labute approximate surface area is 116 Å². The molecule has 0 fully saturated rings. The van der Waals surface area contributed by atoms with Gasteiger partial charge in [0, 0.05) is 40.6 Å². The van der Waals surface area contributed by atoms with Crippen LogP contribution in [0.25, 0.3) is 10.9 Å². The van der Waals surface area contributed by atoms with Crippen LogP contribution < -0.4 is 5.32 Å². The zero-order valence-corrected chi connectivity index (χ0v) is 12.5. The molecule has 0 saturated carbocycles. The van der Waals surface area contributed by atoms with Gasteiger partial charge in [-0.15, -0.1) is 0 Å². The molecule has 0 bridgehead atoms. The lowest BCUT2D eigenvalue weighted by atomic mass is 9.86. The smallest absolute Gasteiger partial charge is 0.0483 e. The number of aryl methyl sites for hydroxylation is 2. The second-order valence-electron chi connectivity index (χ2n) is 5.23. The molecule has 1 aromatic carbocycles. The van der Waals surface area contributed by atoms with Gasteiger partial charge in [-0.05, 0) is 50.1 Å². The van der Waals surface area contributed by atoms with Gasteiger partial charge in [0.05, 0.1) is 0 Å². The fourth-order valence-corrected chi connectivity index (χ4v) is 3.76. The van der Waals surface area contributed by atoms with Gasteiger partial charge in [0.25, 0.3) is 0 Å². The van der Waals surface area contributed by atoms with Gasteiger partial charge < -0.3 is 9.88 Å². The SMILES string of the molecule is CNCC1CCCc2c1n(C)c1ccc(Br)cc21. The summed E-state index contributed by atoms with van der Waals surface area (Å²) in [5.74, 6) is 0.662. The Morgan fingerprint density at radius 3 is 3.06 bits per heavy atom. The third-order valence-electron chi connectivity index (χ3n) is 4.13. The molecular weight excluding hydrogens is 288 g/mol. The van der Waals surface area contributed by atoms with Crippen LogP contribution >= 0.6 is 15.9 Å². The summed E-state index contributed by atoms with van der Waals surface area (Å²) in [7, 11) is 4.26. The molecule has 1 atom stereocenters. The van der Waals surface area contributed by atoms with Crippen LogP contribution in [0.5, 0.6) is 0 Å². The lowest BCUT2D eigenvalue weighted by Gasteiger charge is -2.24. The van der Waals surface area contributed by atoms with Crippen LogP contribution in [0.4, 0.5) is 0 Å². The summed E-state index contributed by atoms with van der Waals surface area (Å²) in [6, 6.07) is 6.64. The van der Waals surface area contributed by atoms with Gasteiger partial charge in [-0.25, -0.2) is 0 Å². The standard InChI is InChI=1S/C15H19BrN2/c1-17-9-10-4-3-5-12-13-8-11(16)6-7-14(13)18(2)15(10)12/h6-8,10,17H,3-5,9H2,1-2H3. The molecule has 96 valence electrons. The van der Waals surface area contributed by atoms with E-state index in [4.69, 9.17) is 0 Å². The highest BCUT2D eigenvalue weighted by atomic mass is 79.9. The molecule has 2 aromatic rings. The van der Waals surface area contributed by atoms with Crippen LogP contribution in [0.2, 0.25) is 0 Å². The molecule has 0 aliphatic heterocycles. The summed E-state index contributed by atoms with van der Waals surface area (Å²) in [6.45, 7) is 1.08. The fraction of sp³-hybridized carbons (Fsp3) is 0.467. The van der Waals surface area contributed by atoms with E-state index in [-0.39, 0.29) is 0 Å². The Hall–Kier alpha value is -0.800. The Morgan fingerprint density at radius 1 is 1.44 bits per heavy atom. The number of aromatic nitrogens is 1. The predicted molar refractivity (Wildman–Crippen MR) is 80.2 cm³/mol. The first kappa shape index (κ1) is 12.2. The summed E-state index contributed by atoms with van der Waals surface area (Å²) >= 11 is 3.59. The number of hydrogen-bond acceptors (Lipinski definition) is 1. The van der Waals surface area contributed by atoms with Gasteiger partial charge in [-0.1, -0.05) is 15.9 Å². The van der Waals surface area contributed by atoms with E-state index in [2.05, 4.69) is 51.1 Å². The second-order valence-corrected chi connectivity index (χ2v) is 6.15. The fourth-order valence-electron chi connectivity index (χ4n) is 3.40. The Morgan fingerprint density at radius 2 is 2.28 bits per heavy atom. The molecule has 18 heavy (non-hydrogen) atoms. The van der Waals surface area contributed by atoms with E-state index in [1.165, 1.54) is 34.6 Å². The zero-order valence-electron chi connectivity index (χ0n) is 11.0. The van der Waals surface area contributed by atoms with Gasteiger partial charge in [-0.3, -0.25) is 0 Å². The third kappa shape index (κ3) is 1.81. The predicted octanol–water partition coefficient (Wildman–Crippen LogP) is 3.58. The highest BCUT2D eigenvalue weighted by Crippen LogP contribution is 2.38. The van der Waals surface area contributed by atoms with E-state index >= 15 is 0 Å². The molecule has 0 amide bonds. The van der Waals surface area contributed by atoms with Crippen molar-refractivity contribution in [2.75, 3.05) is 13.6 Å². The van der Waals surface area contributed by atoms with Crippen molar-refractivity contribution in [1.29, 1.82) is 0 Å². The van der Waals surface area contributed by atoms with Crippen LogP contribution in [0.15, 0.2) is 22.7 Å². The second kappa shape index (κ2) is 4.71. The summed E-state index contributed by atoms with van der Waals surface area (Å²) < 4.78 is 3.58. The number of halogens is 1. The van der Waals surface area contributed by atoms with Crippen molar-refractivity contribution in [3.8, 4) is 0 Å². The van der Waals surface area contributed by atoms with Crippen LogP contribution in [-0.4, -0.2) is 18.2 Å². The number of benzene rings is 1. The number of nitrogens with one attached hydrogen (secondary N) is 1. The van der Waals surface area contributed by atoms with Crippen molar-refractivity contribution in [1.82, 2.24) is 9.88 Å². The molecule has 3 rings (SSSR count). The first-order valence-corrected chi connectivity index (χ1v) is 7.43. The number of rotatable bonds is 2. The molecule has 0 saturated heterocycles. The Balaban J connectivity index is 2.24. The van der Waals surface area contributed by atoms with E-state index in [1.807, 2.05) is 7.05 Å². The van der Waals surface area contributed by atoms with Crippen molar-refractivity contribution >= 4 is 26.8 Å². The van der Waals surface area contributed by atoms with E-state index in [1.54, 1.807) is 11.3 Å². The van der Waals surface area contributed by atoms with Crippen LogP contribution in [0, 0.1) is 0 Å². The molecular formula is C15H19BrN2. The average molecular weight is 307 g/mol. The molecule has 3 heteroatoms. The maximum atomic E-state index is 3.59. The number of nitrogens with zero attached hydrogens (tertiary/aromatic N) is 1.